The maximum Gasteiger partial charge on any atom is 0.256 e. The van der Waals surface area contributed by atoms with Gasteiger partial charge in [0.05, 0.1) is 0 Å². The minimum atomic E-state index is -1.74. The van der Waals surface area contributed by atoms with Crippen molar-refractivity contribution in [1.82, 2.24) is 0 Å². The molecule has 1 aromatic carbocycles. The number of benzene rings is 1. The Labute approximate surface area is 112 Å². The van der Waals surface area contributed by atoms with Gasteiger partial charge in [-0.3, -0.25) is 0 Å². The molecule has 0 spiro atoms. The van der Waals surface area contributed by atoms with Crippen LogP contribution in [-0.4, -0.2) is 26.5 Å². The molecule has 0 saturated carbocycles. The third kappa shape index (κ3) is 6.19. The van der Waals surface area contributed by atoms with E-state index in [4.69, 9.17) is 10.2 Å². The van der Waals surface area contributed by atoms with E-state index in [9.17, 15) is 13.2 Å². The smallest absolute Gasteiger partial charge is 0.256 e. The van der Waals surface area contributed by atoms with Crippen molar-refractivity contribution >= 4 is 9.76 Å². The highest BCUT2D eigenvalue weighted by atomic mass is 28.2. The highest BCUT2D eigenvalue weighted by Crippen LogP contribution is 2.16. The van der Waals surface area contributed by atoms with Gasteiger partial charge in [-0.1, -0.05) is 12.8 Å². The second-order valence-corrected chi connectivity index (χ2v) is 5.03. The number of hydrogen-bond acceptors (Lipinski definition) is 3. The first-order chi connectivity index (χ1) is 9.00. The van der Waals surface area contributed by atoms with E-state index in [-0.39, 0.29) is 15.3 Å². The molecule has 0 aromatic heterocycles. The molecule has 1 aromatic rings. The van der Waals surface area contributed by atoms with Crippen molar-refractivity contribution in [3.8, 4) is 0 Å². The first-order valence-corrected chi connectivity index (χ1v) is 7.00. The standard InChI is InChI=1S/C12H15F3O3Si/c13-9-7-11(15)10(14)6-8(9)4-2-1-3-5-19-18-12(16)17/h6-7,12,16-17H,1-5H2. The zero-order valence-corrected chi connectivity index (χ0v) is 11.2. The van der Waals surface area contributed by atoms with Crippen LogP contribution >= 0.6 is 0 Å². The van der Waals surface area contributed by atoms with Gasteiger partial charge in [0.25, 0.3) is 6.48 Å². The second kappa shape index (κ2) is 8.31. The van der Waals surface area contributed by atoms with Crippen LogP contribution in [-0.2, 0) is 10.8 Å². The summed E-state index contributed by atoms with van der Waals surface area (Å²) in [5, 5.41) is 16.8. The Kier molecular flexibility index (Phi) is 7.07. The number of rotatable bonds is 8. The fraction of sp³-hybridized carbons (Fsp3) is 0.500. The van der Waals surface area contributed by atoms with Crippen LogP contribution in [0.5, 0.6) is 0 Å². The van der Waals surface area contributed by atoms with Crippen LogP contribution in [0.15, 0.2) is 12.1 Å². The lowest BCUT2D eigenvalue weighted by Gasteiger charge is -2.05. The molecule has 1 rings (SSSR count). The lowest BCUT2D eigenvalue weighted by atomic mass is 10.1. The molecule has 0 heterocycles. The molecule has 0 atom stereocenters. The summed E-state index contributed by atoms with van der Waals surface area (Å²) in [6.07, 6.45) is 2.55. The highest BCUT2D eigenvalue weighted by Gasteiger charge is 2.09. The molecule has 0 unspecified atom stereocenters. The van der Waals surface area contributed by atoms with Gasteiger partial charge in [-0.15, -0.1) is 0 Å². The Balaban J connectivity index is 2.21. The average Bonchev–Trinajstić information content (AvgIpc) is 2.33. The number of hydrogen-bond donors (Lipinski definition) is 2. The van der Waals surface area contributed by atoms with E-state index >= 15 is 0 Å². The molecule has 3 nitrogen and oxygen atoms in total. The lowest BCUT2D eigenvalue weighted by Crippen LogP contribution is -2.12. The van der Waals surface area contributed by atoms with Gasteiger partial charge in [0.1, 0.15) is 5.82 Å². The molecule has 2 radical (unpaired) electrons. The maximum atomic E-state index is 13.3. The summed E-state index contributed by atoms with van der Waals surface area (Å²) in [5.74, 6) is -2.95. The van der Waals surface area contributed by atoms with Gasteiger partial charge >= 0.3 is 0 Å². The highest BCUT2D eigenvalue weighted by molar-refractivity contribution is 6.26. The van der Waals surface area contributed by atoms with Gasteiger partial charge in [0.2, 0.25) is 9.76 Å². The van der Waals surface area contributed by atoms with Gasteiger partial charge in [0.15, 0.2) is 11.6 Å². The number of aliphatic hydroxyl groups excluding tert-OH is 1. The molecule has 0 aliphatic heterocycles. The number of aliphatic hydroxyl groups is 2. The molecule has 0 bridgehead atoms. The molecule has 106 valence electrons. The van der Waals surface area contributed by atoms with E-state index in [2.05, 4.69) is 4.43 Å². The quantitative estimate of drug-likeness (QED) is 0.334. The van der Waals surface area contributed by atoms with Crippen LogP contribution in [0.3, 0.4) is 0 Å². The Morgan fingerprint density at radius 1 is 1.00 bits per heavy atom. The van der Waals surface area contributed by atoms with E-state index in [1.807, 2.05) is 0 Å². The SMILES string of the molecule is OC(O)O[Si]CCCCCc1cc(F)c(F)cc1F. The maximum absolute atomic E-state index is 13.3. The second-order valence-electron chi connectivity index (χ2n) is 4.01. The van der Waals surface area contributed by atoms with Crippen LogP contribution < -0.4 is 0 Å². The van der Waals surface area contributed by atoms with Crippen LogP contribution in [0, 0.1) is 17.5 Å². The van der Waals surface area contributed by atoms with Gasteiger partial charge in [0, 0.05) is 6.07 Å². The first kappa shape index (κ1) is 16.2. The van der Waals surface area contributed by atoms with Gasteiger partial charge in [-0.25, -0.2) is 13.2 Å². The van der Waals surface area contributed by atoms with Crippen molar-refractivity contribution in [2.75, 3.05) is 0 Å². The molecule has 7 heteroatoms. The van der Waals surface area contributed by atoms with Crippen molar-refractivity contribution in [2.24, 2.45) is 0 Å². The largest absolute Gasteiger partial charge is 0.372 e. The first-order valence-electron chi connectivity index (χ1n) is 5.88. The topological polar surface area (TPSA) is 49.7 Å². The van der Waals surface area contributed by atoms with Crippen LogP contribution in [0.2, 0.25) is 6.04 Å². The minimum absolute atomic E-state index is 0.000620. The number of aryl methyl sites for hydroxylation is 1. The zero-order valence-electron chi connectivity index (χ0n) is 10.2. The Morgan fingerprint density at radius 3 is 2.37 bits per heavy atom. The van der Waals surface area contributed by atoms with E-state index in [0.29, 0.717) is 25.0 Å². The summed E-state index contributed by atoms with van der Waals surface area (Å²) in [6.45, 7) is -1.74. The molecule has 0 fully saturated rings. The molecule has 0 saturated heterocycles. The van der Waals surface area contributed by atoms with Gasteiger partial charge < -0.3 is 14.6 Å². The molecular formula is C12H15F3O3Si. The van der Waals surface area contributed by atoms with Crippen LogP contribution in [0.1, 0.15) is 24.8 Å². The van der Waals surface area contributed by atoms with Crippen molar-refractivity contribution < 1.29 is 27.8 Å². The number of halogens is 3. The Morgan fingerprint density at radius 2 is 1.68 bits per heavy atom. The normalized spacial score (nSPS) is 11.3. The summed E-state index contributed by atoms with van der Waals surface area (Å²) in [6, 6.07) is 2.12. The molecule has 0 aliphatic carbocycles. The van der Waals surface area contributed by atoms with E-state index < -0.39 is 23.9 Å². The molecular weight excluding hydrogens is 277 g/mol. The fourth-order valence-corrected chi connectivity index (χ4v) is 2.24. The predicted octanol–water partition coefficient (Wildman–Crippen LogP) is 2.14. The summed E-state index contributed by atoms with van der Waals surface area (Å²) >= 11 is 0. The zero-order chi connectivity index (χ0) is 14.3. The van der Waals surface area contributed by atoms with Gasteiger partial charge in [-0.2, -0.15) is 0 Å². The third-order valence-electron chi connectivity index (χ3n) is 2.50. The van der Waals surface area contributed by atoms with E-state index in [0.717, 1.165) is 18.9 Å². The monoisotopic (exact) mass is 292 g/mol. The van der Waals surface area contributed by atoms with Crippen molar-refractivity contribution in [1.29, 1.82) is 0 Å². The average molecular weight is 292 g/mol. The van der Waals surface area contributed by atoms with E-state index in [1.54, 1.807) is 0 Å². The van der Waals surface area contributed by atoms with E-state index in [1.165, 1.54) is 0 Å². The van der Waals surface area contributed by atoms with Crippen molar-refractivity contribution in [3.05, 3.63) is 35.1 Å². The third-order valence-corrected chi connectivity index (χ3v) is 3.44. The predicted molar refractivity (Wildman–Crippen MR) is 63.7 cm³/mol. The molecule has 0 amide bonds. The van der Waals surface area contributed by atoms with Crippen LogP contribution in [0.25, 0.3) is 0 Å². The number of unbranched alkanes of at least 4 members (excludes halogenated alkanes) is 2. The molecule has 2 N–H and O–H groups in total. The minimum Gasteiger partial charge on any atom is -0.372 e. The summed E-state index contributed by atoms with van der Waals surface area (Å²) in [5.41, 5.74) is 0.170. The lowest BCUT2D eigenvalue weighted by molar-refractivity contribution is -0.180. The van der Waals surface area contributed by atoms with Crippen molar-refractivity contribution in [3.63, 3.8) is 0 Å². The summed E-state index contributed by atoms with van der Waals surface area (Å²) in [7, 11) is 0.000620. The van der Waals surface area contributed by atoms with Crippen LogP contribution in [0.4, 0.5) is 13.2 Å². The summed E-state index contributed by atoms with van der Waals surface area (Å²) in [4.78, 5) is 0. The van der Waals surface area contributed by atoms with Gasteiger partial charge in [-0.05, 0) is 30.5 Å². The summed E-state index contributed by atoms with van der Waals surface area (Å²) < 4.78 is 43.4. The Hall–Kier alpha value is -0.893. The van der Waals surface area contributed by atoms with Crippen molar-refractivity contribution in [2.45, 2.75) is 38.2 Å². The Bertz CT molecular complexity index is 402. The molecule has 0 aliphatic rings. The fourth-order valence-electron chi connectivity index (χ4n) is 1.58. The molecule has 19 heavy (non-hydrogen) atoms.